The van der Waals surface area contributed by atoms with E-state index in [1.54, 1.807) is 20.9 Å². The molecular weight excluding hydrogens is 447 g/mol. The van der Waals surface area contributed by atoms with Gasteiger partial charge in [-0.15, -0.1) is 13.2 Å². The molecule has 34 heavy (non-hydrogen) atoms. The highest BCUT2D eigenvalue weighted by Crippen LogP contribution is 2.37. The van der Waals surface area contributed by atoms with Crippen molar-refractivity contribution in [2.75, 3.05) is 13.7 Å². The van der Waals surface area contributed by atoms with Gasteiger partial charge in [-0.3, -0.25) is 4.79 Å². The highest BCUT2D eigenvalue weighted by molar-refractivity contribution is 5.86. The highest BCUT2D eigenvalue weighted by atomic mass is 19.4. The van der Waals surface area contributed by atoms with Crippen molar-refractivity contribution < 1.29 is 32.5 Å². The van der Waals surface area contributed by atoms with E-state index in [4.69, 9.17) is 4.74 Å². The number of aliphatic hydroxyl groups is 1. The first-order chi connectivity index (χ1) is 16.1. The van der Waals surface area contributed by atoms with E-state index in [9.17, 15) is 23.1 Å². The third-order valence-corrected chi connectivity index (χ3v) is 4.70. The maximum absolute atomic E-state index is 12.5. The Morgan fingerprint density at radius 1 is 1.24 bits per heavy atom. The van der Waals surface area contributed by atoms with E-state index >= 15 is 0 Å². The van der Waals surface area contributed by atoms with Gasteiger partial charge in [0.15, 0.2) is 0 Å². The second kappa shape index (κ2) is 13.3. The summed E-state index contributed by atoms with van der Waals surface area (Å²) in [5, 5.41) is 9.59. The molecule has 0 atom stereocenters. The predicted molar refractivity (Wildman–Crippen MR) is 126 cm³/mol. The third-order valence-electron chi connectivity index (χ3n) is 4.70. The Kier molecular flexibility index (Phi) is 11.2. The highest BCUT2D eigenvalue weighted by Gasteiger charge is 2.31. The van der Waals surface area contributed by atoms with Crippen molar-refractivity contribution in [3.63, 3.8) is 0 Å². The van der Waals surface area contributed by atoms with Crippen LogP contribution in [0.1, 0.15) is 37.5 Å². The molecule has 8 heteroatoms. The number of hydrogen-bond donors (Lipinski definition) is 1. The molecule has 2 rings (SSSR count). The second-order valence-corrected chi connectivity index (χ2v) is 6.91. The van der Waals surface area contributed by atoms with Crippen LogP contribution in [-0.2, 0) is 17.8 Å². The lowest BCUT2D eigenvalue weighted by Crippen LogP contribution is -2.25. The Balaban J connectivity index is 0.00000281. The summed E-state index contributed by atoms with van der Waals surface area (Å²) in [5.74, 6) is 2.48. The molecule has 0 aliphatic heterocycles. The lowest BCUT2D eigenvalue weighted by molar-refractivity contribution is -0.274. The minimum absolute atomic E-state index is 0.149. The van der Waals surface area contributed by atoms with E-state index in [1.165, 1.54) is 35.2 Å². The Morgan fingerprint density at radius 2 is 1.85 bits per heavy atom. The monoisotopic (exact) mass is 477 g/mol. The van der Waals surface area contributed by atoms with Gasteiger partial charge in [-0.1, -0.05) is 38.5 Å². The zero-order valence-electron chi connectivity index (χ0n) is 20.0. The van der Waals surface area contributed by atoms with Crippen molar-refractivity contribution in [3.05, 3.63) is 59.7 Å². The summed E-state index contributed by atoms with van der Waals surface area (Å²) in [6, 6.07) is 7.30. The minimum Gasteiger partial charge on any atom is -0.407 e. The van der Waals surface area contributed by atoms with Crippen LogP contribution < -0.4 is 9.47 Å². The van der Waals surface area contributed by atoms with Gasteiger partial charge in [0.25, 0.3) is 0 Å². The van der Waals surface area contributed by atoms with Crippen LogP contribution in [0.25, 0.3) is 11.1 Å². The number of ether oxygens (including phenoxy) is 2. The van der Waals surface area contributed by atoms with E-state index in [0.717, 1.165) is 0 Å². The molecule has 0 aliphatic carbocycles. The number of rotatable bonds is 8. The zero-order chi connectivity index (χ0) is 25.9. The molecule has 0 saturated carbocycles. The van der Waals surface area contributed by atoms with Crippen LogP contribution in [0.3, 0.4) is 0 Å². The average Bonchev–Trinajstić information content (AvgIpc) is 2.80. The fourth-order valence-corrected chi connectivity index (χ4v) is 3.26. The van der Waals surface area contributed by atoms with Crippen LogP contribution in [0.4, 0.5) is 13.2 Å². The standard InChI is InChI=1S/C24H24F3NO4.C2H6/c1-5-13-31-23-16(3)21(17-7-9-19(10-8-17)32-24(25,26)27)14-18(20(23)11-12-29)15-28(4)22(30)6-2;1-2/h6-10,14,29H,2,11-12,15H2,1,3-4H3;1-2H3. The normalized spacial score (nSPS) is 10.3. The molecule has 0 unspecified atom stereocenters. The molecule has 0 saturated heterocycles. The number of benzene rings is 2. The minimum atomic E-state index is -4.78. The van der Waals surface area contributed by atoms with E-state index in [2.05, 4.69) is 23.3 Å². The predicted octanol–water partition coefficient (Wildman–Crippen LogP) is 5.63. The SMILES string of the molecule is C=CC(=O)N(C)Cc1cc(-c2ccc(OC(F)(F)F)cc2)c(C)c(OC#CC)c1CCO.CC. The third kappa shape index (κ3) is 7.85. The Labute approximate surface area is 198 Å². The molecule has 0 aliphatic rings. The molecule has 2 aromatic rings. The summed E-state index contributed by atoms with van der Waals surface area (Å²) in [7, 11) is 1.61. The molecule has 0 heterocycles. The number of nitrogens with zero attached hydrogens (tertiary/aromatic N) is 1. The van der Waals surface area contributed by atoms with Gasteiger partial charge in [0.1, 0.15) is 17.6 Å². The summed E-state index contributed by atoms with van der Waals surface area (Å²) in [4.78, 5) is 13.5. The second-order valence-electron chi connectivity index (χ2n) is 6.91. The van der Waals surface area contributed by atoms with Crippen LogP contribution in [0.15, 0.2) is 43.0 Å². The molecular formula is C26H30F3NO4. The Bertz CT molecular complexity index is 1040. The van der Waals surface area contributed by atoms with Crippen molar-refractivity contribution in [1.29, 1.82) is 0 Å². The van der Waals surface area contributed by atoms with Crippen molar-refractivity contribution in [2.45, 2.75) is 47.0 Å². The van der Waals surface area contributed by atoms with Gasteiger partial charge in [0.05, 0.1) is 0 Å². The summed E-state index contributed by atoms with van der Waals surface area (Å²) in [5.41, 5.74) is 3.41. The quantitative estimate of drug-likeness (QED) is 0.396. The van der Waals surface area contributed by atoms with Crippen molar-refractivity contribution >= 4 is 5.91 Å². The van der Waals surface area contributed by atoms with Crippen molar-refractivity contribution in [2.24, 2.45) is 0 Å². The van der Waals surface area contributed by atoms with Gasteiger partial charge >= 0.3 is 6.36 Å². The van der Waals surface area contributed by atoms with Gasteiger partial charge < -0.3 is 19.5 Å². The smallest absolute Gasteiger partial charge is 0.407 e. The molecule has 184 valence electrons. The molecule has 5 nitrogen and oxygen atoms in total. The van der Waals surface area contributed by atoms with E-state index in [0.29, 0.717) is 33.6 Å². The first-order valence-electron chi connectivity index (χ1n) is 10.7. The number of amides is 1. The van der Waals surface area contributed by atoms with Crippen LogP contribution in [0, 0.1) is 19.0 Å². The molecule has 0 fully saturated rings. The molecule has 2 aromatic carbocycles. The zero-order valence-corrected chi connectivity index (χ0v) is 20.0. The Morgan fingerprint density at radius 3 is 2.35 bits per heavy atom. The van der Waals surface area contributed by atoms with E-state index in [1.807, 2.05) is 19.9 Å². The van der Waals surface area contributed by atoms with Gasteiger partial charge in [-0.25, -0.2) is 0 Å². The van der Waals surface area contributed by atoms with Gasteiger partial charge in [-0.05, 0) is 54.3 Å². The number of halogens is 3. The molecule has 1 amide bonds. The lowest BCUT2D eigenvalue weighted by Gasteiger charge is -2.22. The summed E-state index contributed by atoms with van der Waals surface area (Å²) < 4.78 is 47.0. The molecule has 0 aromatic heterocycles. The number of carbonyl (C=O) groups excluding carboxylic acids is 1. The van der Waals surface area contributed by atoms with Crippen LogP contribution >= 0.6 is 0 Å². The van der Waals surface area contributed by atoms with Gasteiger partial charge in [0.2, 0.25) is 5.91 Å². The average molecular weight is 478 g/mol. The van der Waals surface area contributed by atoms with Gasteiger partial charge in [0, 0.05) is 38.2 Å². The van der Waals surface area contributed by atoms with Crippen LogP contribution in [-0.4, -0.2) is 35.9 Å². The fourth-order valence-electron chi connectivity index (χ4n) is 3.26. The lowest BCUT2D eigenvalue weighted by atomic mass is 9.91. The number of likely N-dealkylation sites (N-methyl/N-ethyl adjacent to an activating group) is 1. The van der Waals surface area contributed by atoms with Crippen LogP contribution in [0.2, 0.25) is 0 Å². The number of hydrogen-bond acceptors (Lipinski definition) is 4. The summed E-state index contributed by atoms with van der Waals surface area (Å²) in [6.45, 7) is 11.0. The molecule has 1 N–H and O–H groups in total. The molecule has 0 bridgehead atoms. The summed E-state index contributed by atoms with van der Waals surface area (Å²) in [6.07, 6.45) is -0.756. The first kappa shape index (κ1) is 28.6. The largest absolute Gasteiger partial charge is 0.573 e. The maximum atomic E-state index is 12.5. The molecule has 0 radical (unpaired) electrons. The topological polar surface area (TPSA) is 59.0 Å². The number of carbonyl (C=O) groups is 1. The van der Waals surface area contributed by atoms with Gasteiger partial charge in [-0.2, -0.15) is 0 Å². The number of aliphatic hydroxyl groups excluding tert-OH is 1. The molecule has 0 spiro atoms. The van der Waals surface area contributed by atoms with Crippen molar-refractivity contribution in [3.8, 4) is 34.7 Å². The summed E-state index contributed by atoms with van der Waals surface area (Å²) >= 11 is 0. The Hall–Kier alpha value is -3.44. The van der Waals surface area contributed by atoms with Crippen LogP contribution in [0.5, 0.6) is 11.5 Å². The fraction of sp³-hybridized carbons (Fsp3) is 0.346. The van der Waals surface area contributed by atoms with E-state index in [-0.39, 0.29) is 31.2 Å². The first-order valence-corrected chi connectivity index (χ1v) is 10.7. The maximum Gasteiger partial charge on any atom is 0.573 e. The number of alkyl halides is 3. The van der Waals surface area contributed by atoms with Crippen molar-refractivity contribution in [1.82, 2.24) is 4.90 Å². The van der Waals surface area contributed by atoms with E-state index < -0.39 is 6.36 Å².